The van der Waals surface area contributed by atoms with Crippen LogP contribution in [0.25, 0.3) is 0 Å². The molecule has 0 unspecified atom stereocenters. The fourth-order valence-electron chi connectivity index (χ4n) is 1.67. The number of hydrogen-bond acceptors (Lipinski definition) is 3. The van der Waals surface area contributed by atoms with Gasteiger partial charge in [0.05, 0.1) is 12.2 Å². The molecule has 0 saturated heterocycles. The second-order valence-electron chi connectivity index (χ2n) is 4.18. The van der Waals surface area contributed by atoms with Gasteiger partial charge in [-0.15, -0.1) is 0 Å². The number of thiophene rings is 1. The molecule has 0 fully saturated rings. The molecule has 0 radical (unpaired) electrons. The van der Waals surface area contributed by atoms with E-state index in [-0.39, 0.29) is 0 Å². The van der Waals surface area contributed by atoms with Gasteiger partial charge < -0.3 is 10.6 Å². The molecule has 0 aliphatic carbocycles. The van der Waals surface area contributed by atoms with Crippen LogP contribution >= 0.6 is 11.3 Å². The highest BCUT2D eigenvalue weighted by molar-refractivity contribution is 7.07. The number of nitrogens with one attached hydrogen (secondary N) is 2. The van der Waals surface area contributed by atoms with Crippen molar-refractivity contribution in [2.75, 3.05) is 7.05 Å². The Balaban J connectivity index is 1.83. The lowest BCUT2D eigenvalue weighted by Gasteiger charge is -2.11. The van der Waals surface area contributed by atoms with Crippen LogP contribution in [0.3, 0.4) is 0 Å². The summed E-state index contributed by atoms with van der Waals surface area (Å²) >= 11 is 1.70. The monoisotopic (exact) mass is 274 g/mol. The normalized spacial score (nSPS) is 11.4. The predicted molar refractivity (Wildman–Crippen MR) is 80.3 cm³/mol. The van der Waals surface area contributed by atoms with Crippen LogP contribution in [0.15, 0.2) is 40.0 Å². The van der Waals surface area contributed by atoms with Gasteiger partial charge in [-0.3, -0.25) is 9.98 Å². The third-order valence-corrected chi connectivity index (χ3v) is 3.38. The first-order valence-electron chi connectivity index (χ1n) is 6.16. The van der Waals surface area contributed by atoms with E-state index in [1.807, 2.05) is 25.1 Å². The van der Waals surface area contributed by atoms with E-state index >= 15 is 0 Å². The van der Waals surface area contributed by atoms with Crippen LogP contribution in [0, 0.1) is 6.92 Å². The van der Waals surface area contributed by atoms with E-state index in [0.29, 0.717) is 6.54 Å². The minimum atomic E-state index is 0.672. The van der Waals surface area contributed by atoms with Crippen molar-refractivity contribution >= 4 is 17.3 Å². The molecule has 0 atom stereocenters. The number of rotatable bonds is 4. The topological polar surface area (TPSA) is 49.3 Å². The lowest BCUT2D eigenvalue weighted by atomic mass is 10.3. The van der Waals surface area contributed by atoms with Gasteiger partial charge in [-0.2, -0.15) is 11.3 Å². The van der Waals surface area contributed by atoms with Crippen molar-refractivity contribution in [2.45, 2.75) is 20.0 Å². The highest BCUT2D eigenvalue weighted by Gasteiger charge is 2.00. The van der Waals surface area contributed by atoms with E-state index in [1.165, 1.54) is 5.56 Å². The predicted octanol–water partition coefficient (Wildman–Crippen LogP) is 2.32. The SMILES string of the molecule is CN=C(NCc1ccsc1)NCc1cccc(C)n1. The van der Waals surface area contributed by atoms with Crippen LogP contribution in [0.4, 0.5) is 0 Å². The third-order valence-electron chi connectivity index (χ3n) is 2.65. The number of guanidine groups is 1. The maximum atomic E-state index is 4.45. The quantitative estimate of drug-likeness (QED) is 0.664. The summed E-state index contributed by atoms with van der Waals surface area (Å²) in [5.74, 6) is 0.787. The van der Waals surface area contributed by atoms with Crippen molar-refractivity contribution in [1.82, 2.24) is 15.6 Å². The second-order valence-corrected chi connectivity index (χ2v) is 4.96. The van der Waals surface area contributed by atoms with Gasteiger partial charge in [0.25, 0.3) is 0 Å². The molecular weight excluding hydrogens is 256 g/mol. The summed E-state index contributed by atoms with van der Waals surface area (Å²) in [6.07, 6.45) is 0. The summed E-state index contributed by atoms with van der Waals surface area (Å²) in [6, 6.07) is 8.12. The zero-order valence-corrected chi connectivity index (χ0v) is 12.0. The average Bonchev–Trinajstić information content (AvgIpc) is 2.92. The van der Waals surface area contributed by atoms with Crippen LogP contribution in [-0.4, -0.2) is 18.0 Å². The van der Waals surface area contributed by atoms with E-state index in [1.54, 1.807) is 18.4 Å². The smallest absolute Gasteiger partial charge is 0.191 e. The lowest BCUT2D eigenvalue weighted by molar-refractivity contribution is 0.793. The maximum absolute atomic E-state index is 4.45. The molecule has 0 saturated carbocycles. The Bertz CT molecular complexity index is 534. The Labute approximate surface area is 117 Å². The summed E-state index contributed by atoms with van der Waals surface area (Å²) in [6.45, 7) is 3.45. The van der Waals surface area contributed by atoms with Crippen molar-refractivity contribution in [2.24, 2.45) is 4.99 Å². The summed E-state index contributed by atoms with van der Waals surface area (Å²) in [7, 11) is 1.77. The molecule has 0 amide bonds. The van der Waals surface area contributed by atoms with Gasteiger partial charge >= 0.3 is 0 Å². The van der Waals surface area contributed by atoms with Crippen molar-refractivity contribution in [3.63, 3.8) is 0 Å². The van der Waals surface area contributed by atoms with Crippen LogP contribution < -0.4 is 10.6 Å². The van der Waals surface area contributed by atoms with Crippen LogP contribution in [0.5, 0.6) is 0 Å². The van der Waals surface area contributed by atoms with Gasteiger partial charge in [0.15, 0.2) is 5.96 Å². The molecule has 5 heteroatoms. The molecule has 100 valence electrons. The van der Waals surface area contributed by atoms with Crippen molar-refractivity contribution < 1.29 is 0 Å². The summed E-state index contributed by atoms with van der Waals surface area (Å²) in [5, 5.41) is 10.7. The fraction of sp³-hybridized carbons (Fsp3) is 0.286. The minimum Gasteiger partial charge on any atom is -0.352 e. The number of pyridine rings is 1. The number of aryl methyl sites for hydroxylation is 1. The molecule has 0 aliphatic rings. The van der Waals surface area contributed by atoms with Crippen molar-refractivity contribution in [1.29, 1.82) is 0 Å². The molecule has 2 N–H and O–H groups in total. The first kappa shape index (κ1) is 13.5. The van der Waals surface area contributed by atoms with E-state index in [4.69, 9.17) is 0 Å². The summed E-state index contributed by atoms with van der Waals surface area (Å²) < 4.78 is 0. The van der Waals surface area contributed by atoms with E-state index in [9.17, 15) is 0 Å². The molecule has 0 bridgehead atoms. The Morgan fingerprint density at radius 3 is 2.79 bits per heavy atom. The zero-order chi connectivity index (χ0) is 13.5. The zero-order valence-electron chi connectivity index (χ0n) is 11.2. The number of aliphatic imine (C=N–C) groups is 1. The Hall–Kier alpha value is -1.88. The second kappa shape index (κ2) is 6.89. The molecule has 2 aromatic rings. The van der Waals surface area contributed by atoms with E-state index in [0.717, 1.165) is 23.9 Å². The largest absolute Gasteiger partial charge is 0.352 e. The summed E-state index contributed by atoms with van der Waals surface area (Å²) in [5.41, 5.74) is 3.31. The fourth-order valence-corrected chi connectivity index (χ4v) is 2.34. The number of hydrogen-bond donors (Lipinski definition) is 2. The number of aromatic nitrogens is 1. The molecule has 2 heterocycles. The van der Waals surface area contributed by atoms with Gasteiger partial charge in [-0.25, -0.2) is 0 Å². The molecule has 0 aromatic carbocycles. The van der Waals surface area contributed by atoms with E-state index in [2.05, 4.69) is 37.4 Å². The first-order valence-corrected chi connectivity index (χ1v) is 7.10. The maximum Gasteiger partial charge on any atom is 0.191 e. The Morgan fingerprint density at radius 2 is 2.11 bits per heavy atom. The molecule has 4 nitrogen and oxygen atoms in total. The van der Waals surface area contributed by atoms with E-state index < -0.39 is 0 Å². The van der Waals surface area contributed by atoms with Gasteiger partial charge in [0, 0.05) is 19.3 Å². The minimum absolute atomic E-state index is 0.672. The Kier molecular flexibility index (Phi) is 4.92. The van der Waals surface area contributed by atoms with Crippen molar-refractivity contribution in [3.8, 4) is 0 Å². The van der Waals surface area contributed by atoms with Gasteiger partial charge in [-0.1, -0.05) is 6.07 Å². The molecule has 0 spiro atoms. The first-order chi connectivity index (χ1) is 9.28. The molecular formula is C14H18N4S. The highest BCUT2D eigenvalue weighted by atomic mass is 32.1. The third kappa shape index (κ3) is 4.37. The summed E-state index contributed by atoms with van der Waals surface area (Å²) in [4.78, 5) is 8.64. The Morgan fingerprint density at radius 1 is 1.26 bits per heavy atom. The average molecular weight is 274 g/mol. The van der Waals surface area contributed by atoms with Gasteiger partial charge in [-0.05, 0) is 41.4 Å². The lowest BCUT2D eigenvalue weighted by Crippen LogP contribution is -2.36. The van der Waals surface area contributed by atoms with Gasteiger partial charge in [0.2, 0.25) is 0 Å². The standard InChI is InChI=1S/C14H18N4S/c1-11-4-3-5-13(18-11)9-17-14(15-2)16-8-12-6-7-19-10-12/h3-7,10H,8-9H2,1-2H3,(H2,15,16,17). The molecule has 0 aliphatic heterocycles. The van der Waals surface area contributed by atoms with Gasteiger partial charge in [0.1, 0.15) is 0 Å². The van der Waals surface area contributed by atoms with Crippen molar-refractivity contribution in [3.05, 3.63) is 52.0 Å². The van der Waals surface area contributed by atoms with Crippen LogP contribution in [-0.2, 0) is 13.1 Å². The molecule has 19 heavy (non-hydrogen) atoms. The molecule has 2 aromatic heterocycles. The van der Waals surface area contributed by atoms with Crippen LogP contribution in [0.1, 0.15) is 17.0 Å². The van der Waals surface area contributed by atoms with Crippen LogP contribution in [0.2, 0.25) is 0 Å². The molecule has 2 rings (SSSR count). The highest BCUT2D eigenvalue weighted by Crippen LogP contribution is 2.04. The number of nitrogens with zero attached hydrogens (tertiary/aromatic N) is 2.